The van der Waals surface area contributed by atoms with Gasteiger partial charge in [-0.1, -0.05) is 0 Å². The first-order valence-electron chi connectivity index (χ1n) is 6.42. The molecule has 0 aliphatic rings. The van der Waals surface area contributed by atoms with Gasteiger partial charge in [-0.15, -0.1) is 0 Å². The van der Waals surface area contributed by atoms with Gasteiger partial charge in [-0.25, -0.2) is 0 Å². The fourth-order valence-corrected chi connectivity index (χ4v) is 1.85. The van der Waals surface area contributed by atoms with Gasteiger partial charge in [-0.3, -0.25) is 9.48 Å². The average Bonchev–Trinajstić information content (AvgIpc) is 2.60. The summed E-state index contributed by atoms with van der Waals surface area (Å²) in [4.78, 5) is 13.6. The number of carbonyl (C=O) groups is 1. The third-order valence-corrected chi connectivity index (χ3v) is 3.40. The van der Waals surface area contributed by atoms with E-state index >= 15 is 0 Å². The lowest BCUT2D eigenvalue weighted by atomic mass is 10.2. The first-order valence-corrected chi connectivity index (χ1v) is 6.42. The first-order chi connectivity index (χ1) is 8.47. The zero-order valence-electron chi connectivity index (χ0n) is 11.9. The van der Waals surface area contributed by atoms with Crippen molar-refractivity contribution in [2.24, 2.45) is 5.73 Å². The number of aryl methyl sites for hydroxylation is 2. The predicted octanol–water partition coefficient (Wildman–Crippen LogP) is 1.01. The summed E-state index contributed by atoms with van der Waals surface area (Å²) in [6.07, 6.45) is 1.34. The number of amides is 1. The molecule has 0 radical (unpaired) electrons. The second-order valence-electron chi connectivity index (χ2n) is 4.73. The highest BCUT2D eigenvalue weighted by Gasteiger charge is 2.11. The molecule has 1 aromatic rings. The van der Waals surface area contributed by atoms with Gasteiger partial charge in [0.1, 0.15) is 0 Å². The van der Waals surface area contributed by atoms with Crippen molar-refractivity contribution in [3.05, 3.63) is 17.0 Å². The predicted molar refractivity (Wildman–Crippen MR) is 72.4 cm³/mol. The minimum atomic E-state index is 0.147. The number of aromatic nitrogens is 2. The molecule has 18 heavy (non-hydrogen) atoms. The molecule has 0 aliphatic heterocycles. The number of nitrogens with two attached hydrogens (primary N) is 1. The highest BCUT2D eigenvalue weighted by molar-refractivity contribution is 5.75. The third-order valence-electron chi connectivity index (χ3n) is 3.40. The molecule has 5 nitrogen and oxygen atoms in total. The fourth-order valence-electron chi connectivity index (χ4n) is 1.85. The van der Waals surface area contributed by atoms with Crippen LogP contribution in [0, 0.1) is 20.8 Å². The zero-order chi connectivity index (χ0) is 13.7. The maximum absolute atomic E-state index is 11.9. The Morgan fingerprint density at radius 2 is 2.06 bits per heavy atom. The van der Waals surface area contributed by atoms with Crippen LogP contribution in [0.2, 0.25) is 0 Å². The summed E-state index contributed by atoms with van der Waals surface area (Å²) in [5, 5.41) is 4.43. The van der Waals surface area contributed by atoms with Crippen LogP contribution >= 0.6 is 0 Å². The number of nitrogens with zero attached hydrogens (tertiary/aromatic N) is 3. The van der Waals surface area contributed by atoms with Crippen LogP contribution in [0.25, 0.3) is 0 Å². The number of carbonyl (C=O) groups excluding carboxylic acids is 1. The molecule has 0 spiro atoms. The summed E-state index contributed by atoms with van der Waals surface area (Å²) < 4.78 is 1.92. The van der Waals surface area contributed by atoms with E-state index in [1.807, 2.05) is 25.6 Å². The Morgan fingerprint density at radius 1 is 1.39 bits per heavy atom. The molecule has 0 atom stereocenters. The van der Waals surface area contributed by atoms with Crippen LogP contribution in [0.15, 0.2) is 0 Å². The molecule has 0 unspecified atom stereocenters. The molecule has 1 heterocycles. The van der Waals surface area contributed by atoms with Crippen molar-refractivity contribution in [3.63, 3.8) is 0 Å². The molecule has 1 amide bonds. The Kier molecular flexibility index (Phi) is 5.34. The molecule has 1 rings (SSSR count). The highest BCUT2D eigenvalue weighted by Crippen LogP contribution is 2.11. The molecular weight excluding hydrogens is 228 g/mol. The van der Waals surface area contributed by atoms with Gasteiger partial charge in [0.25, 0.3) is 0 Å². The summed E-state index contributed by atoms with van der Waals surface area (Å²) in [6.45, 7) is 8.08. The molecule has 0 aromatic carbocycles. The molecule has 1 aromatic heterocycles. The van der Waals surface area contributed by atoms with Crippen LogP contribution in [0.3, 0.4) is 0 Å². The lowest BCUT2D eigenvalue weighted by Gasteiger charge is -2.16. The maximum Gasteiger partial charge on any atom is 0.224 e. The summed E-state index contributed by atoms with van der Waals surface area (Å²) in [6, 6.07) is 0. The largest absolute Gasteiger partial charge is 0.346 e. The summed E-state index contributed by atoms with van der Waals surface area (Å²) in [5.74, 6) is 0.147. The van der Waals surface area contributed by atoms with Crippen LogP contribution in [-0.4, -0.2) is 40.7 Å². The van der Waals surface area contributed by atoms with Crippen molar-refractivity contribution < 1.29 is 4.79 Å². The second kappa shape index (κ2) is 6.54. The SMILES string of the molecule is Cc1nn(CCC(=O)N(C)CCCN)c(C)c1C. The van der Waals surface area contributed by atoms with E-state index in [2.05, 4.69) is 12.0 Å². The van der Waals surface area contributed by atoms with Crippen LogP contribution in [-0.2, 0) is 11.3 Å². The molecule has 2 N–H and O–H groups in total. The van der Waals surface area contributed by atoms with E-state index in [1.54, 1.807) is 4.90 Å². The van der Waals surface area contributed by atoms with Crippen molar-refractivity contribution in [1.29, 1.82) is 0 Å². The Labute approximate surface area is 109 Å². The van der Waals surface area contributed by atoms with Crippen molar-refractivity contribution in [2.45, 2.75) is 40.2 Å². The molecule has 0 saturated heterocycles. The van der Waals surface area contributed by atoms with Gasteiger partial charge >= 0.3 is 0 Å². The molecular formula is C13H24N4O. The highest BCUT2D eigenvalue weighted by atomic mass is 16.2. The van der Waals surface area contributed by atoms with Gasteiger partial charge in [0.05, 0.1) is 5.69 Å². The summed E-state index contributed by atoms with van der Waals surface area (Å²) >= 11 is 0. The molecule has 0 fully saturated rings. The van der Waals surface area contributed by atoms with E-state index in [1.165, 1.54) is 5.56 Å². The van der Waals surface area contributed by atoms with E-state index in [-0.39, 0.29) is 5.91 Å². The molecule has 5 heteroatoms. The Balaban J connectivity index is 2.49. The minimum absolute atomic E-state index is 0.147. The van der Waals surface area contributed by atoms with Crippen molar-refractivity contribution in [1.82, 2.24) is 14.7 Å². The second-order valence-corrected chi connectivity index (χ2v) is 4.73. The summed E-state index contributed by atoms with van der Waals surface area (Å²) in [7, 11) is 1.82. The van der Waals surface area contributed by atoms with Crippen LogP contribution < -0.4 is 5.73 Å². The molecule has 102 valence electrons. The summed E-state index contributed by atoms with van der Waals surface area (Å²) in [5.41, 5.74) is 8.82. The number of rotatable bonds is 6. The zero-order valence-corrected chi connectivity index (χ0v) is 11.9. The van der Waals surface area contributed by atoms with Crippen LogP contribution in [0.5, 0.6) is 0 Å². The van der Waals surface area contributed by atoms with Gasteiger partial charge in [0, 0.05) is 32.3 Å². The first kappa shape index (κ1) is 14.7. The average molecular weight is 252 g/mol. The smallest absolute Gasteiger partial charge is 0.224 e. The van der Waals surface area contributed by atoms with Gasteiger partial charge < -0.3 is 10.6 Å². The van der Waals surface area contributed by atoms with Crippen LogP contribution in [0.1, 0.15) is 29.8 Å². The Morgan fingerprint density at radius 3 is 2.56 bits per heavy atom. The van der Waals surface area contributed by atoms with Gasteiger partial charge in [0.2, 0.25) is 5.91 Å². The number of hydrogen-bond donors (Lipinski definition) is 1. The number of hydrogen-bond acceptors (Lipinski definition) is 3. The van der Waals surface area contributed by atoms with Crippen molar-refractivity contribution in [3.8, 4) is 0 Å². The normalized spacial score (nSPS) is 10.7. The maximum atomic E-state index is 11.9. The quantitative estimate of drug-likeness (QED) is 0.821. The van der Waals surface area contributed by atoms with Gasteiger partial charge in [-0.2, -0.15) is 5.10 Å². The van der Waals surface area contributed by atoms with E-state index in [0.29, 0.717) is 19.5 Å². The van der Waals surface area contributed by atoms with Crippen molar-refractivity contribution in [2.75, 3.05) is 20.1 Å². The monoisotopic (exact) mass is 252 g/mol. The standard InChI is InChI=1S/C13H24N4O/c1-10-11(2)15-17(12(10)3)9-6-13(18)16(4)8-5-7-14/h5-9,14H2,1-4H3. The van der Waals surface area contributed by atoms with Crippen molar-refractivity contribution >= 4 is 5.91 Å². The van der Waals surface area contributed by atoms with Gasteiger partial charge in [0.15, 0.2) is 0 Å². The lowest BCUT2D eigenvalue weighted by Crippen LogP contribution is -2.29. The Hall–Kier alpha value is -1.36. The lowest BCUT2D eigenvalue weighted by molar-refractivity contribution is -0.130. The molecule has 0 aliphatic carbocycles. The topological polar surface area (TPSA) is 64.2 Å². The Bertz CT molecular complexity index is 411. The van der Waals surface area contributed by atoms with Gasteiger partial charge in [-0.05, 0) is 39.3 Å². The third kappa shape index (κ3) is 3.57. The van der Waals surface area contributed by atoms with E-state index in [9.17, 15) is 4.79 Å². The van der Waals surface area contributed by atoms with E-state index in [4.69, 9.17) is 5.73 Å². The molecule has 0 bridgehead atoms. The fraction of sp³-hybridized carbons (Fsp3) is 0.692. The van der Waals surface area contributed by atoms with Crippen LogP contribution in [0.4, 0.5) is 0 Å². The minimum Gasteiger partial charge on any atom is -0.346 e. The van der Waals surface area contributed by atoms with E-state index in [0.717, 1.165) is 24.4 Å². The molecule has 0 saturated carbocycles. The van der Waals surface area contributed by atoms with E-state index < -0.39 is 0 Å².